The van der Waals surface area contributed by atoms with Crippen LogP contribution in [-0.4, -0.2) is 23.9 Å². The van der Waals surface area contributed by atoms with Crippen LogP contribution in [0.2, 0.25) is 0 Å². The number of carbonyl (C=O) groups excluding carboxylic acids is 2. The van der Waals surface area contributed by atoms with E-state index in [0.717, 1.165) is 12.8 Å². The minimum atomic E-state index is -0.183. The molecule has 2 N–H and O–H groups in total. The van der Waals surface area contributed by atoms with Crippen molar-refractivity contribution in [2.75, 3.05) is 0 Å². The fourth-order valence-corrected chi connectivity index (χ4v) is 1.66. The van der Waals surface area contributed by atoms with E-state index < -0.39 is 0 Å². The summed E-state index contributed by atoms with van der Waals surface area (Å²) in [6.45, 7) is 4.18. The molecule has 0 bridgehead atoms. The molecule has 4 nitrogen and oxygen atoms in total. The van der Waals surface area contributed by atoms with Crippen LogP contribution in [0.15, 0.2) is 0 Å². The number of nitrogens with one attached hydrogen (secondary N) is 2. The van der Waals surface area contributed by atoms with Crippen molar-refractivity contribution in [2.45, 2.75) is 51.6 Å². The third-order valence-electron chi connectivity index (χ3n) is 2.66. The fourth-order valence-electron chi connectivity index (χ4n) is 1.66. The molecule has 0 aliphatic carbocycles. The van der Waals surface area contributed by atoms with Gasteiger partial charge < -0.3 is 5.32 Å². The van der Waals surface area contributed by atoms with E-state index in [1.165, 1.54) is 0 Å². The third-order valence-corrected chi connectivity index (χ3v) is 2.66. The summed E-state index contributed by atoms with van der Waals surface area (Å²) in [5.41, 5.74) is 0. The Morgan fingerprint density at radius 3 is 2.57 bits per heavy atom. The molecule has 1 heterocycles. The molecule has 2 amide bonds. The number of hydrogen-bond donors (Lipinski definition) is 2. The zero-order valence-electron chi connectivity index (χ0n) is 8.80. The number of piperidine rings is 1. The third kappa shape index (κ3) is 2.80. The standard InChI is InChI=1S/C10H18N2O2/c1-3-7(4-2)11-8-5-6-9(13)12-10(8)14/h7-8,11H,3-6H2,1-2H3,(H,12,13,14). The molecule has 1 saturated heterocycles. The summed E-state index contributed by atoms with van der Waals surface area (Å²) in [6.07, 6.45) is 3.09. The van der Waals surface area contributed by atoms with Gasteiger partial charge in [-0.05, 0) is 19.3 Å². The molecule has 1 aliphatic rings. The molecule has 1 aliphatic heterocycles. The van der Waals surface area contributed by atoms with Crippen molar-refractivity contribution >= 4 is 11.8 Å². The molecule has 1 rings (SSSR count). The number of amides is 2. The molecule has 0 radical (unpaired) electrons. The predicted molar refractivity (Wildman–Crippen MR) is 53.7 cm³/mol. The smallest absolute Gasteiger partial charge is 0.243 e. The number of rotatable bonds is 4. The van der Waals surface area contributed by atoms with Crippen molar-refractivity contribution in [3.8, 4) is 0 Å². The summed E-state index contributed by atoms with van der Waals surface area (Å²) >= 11 is 0. The van der Waals surface area contributed by atoms with Crippen LogP contribution in [0, 0.1) is 0 Å². The van der Waals surface area contributed by atoms with Gasteiger partial charge in [-0.3, -0.25) is 14.9 Å². The van der Waals surface area contributed by atoms with Crippen LogP contribution in [0.3, 0.4) is 0 Å². The van der Waals surface area contributed by atoms with E-state index in [9.17, 15) is 9.59 Å². The molecule has 0 saturated carbocycles. The molecule has 14 heavy (non-hydrogen) atoms. The van der Waals surface area contributed by atoms with Crippen molar-refractivity contribution in [1.29, 1.82) is 0 Å². The minimum absolute atomic E-state index is 0.155. The Balaban J connectivity index is 2.44. The molecule has 0 spiro atoms. The summed E-state index contributed by atoms with van der Waals surface area (Å²) in [6, 6.07) is 0.191. The summed E-state index contributed by atoms with van der Waals surface area (Å²) in [7, 11) is 0. The van der Waals surface area contributed by atoms with Crippen molar-refractivity contribution in [1.82, 2.24) is 10.6 Å². The topological polar surface area (TPSA) is 58.2 Å². The average Bonchev–Trinajstić information content (AvgIpc) is 2.17. The van der Waals surface area contributed by atoms with E-state index in [2.05, 4.69) is 24.5 Å². The average molecular weight is 198 g/mol. The Hall–Kier alpha value is -0.900. The second-order valence-electron chi connectivity index (χ2n) is 3.68. The first-order valence-electron chi connectivity index (χ1n) is 5.27. The Morgan fingerprint density at radius 1 is 1.43 bits per heavy atom. The second kappa shape index (κ2) is 5.10. The summed E-state index contributed by atoms with van der Waals surface area (Å²) in [4.78, 5) is 22.3. The van der Waals surface area contributed by atoms with E-state index in [4.69, 9.17) is 0 Å². The number of carbonyl (C=O) groups is 2. The van der Waals surface area contributed by atoms with Crippen LogP contribution in [0.4, 0.5) is 0 Å². The second-order valence-corrected chi connectivity index (χ2v) is 3.68. The number of hydrogen-bond acceptors (Lipinski definition) is 3. The maximum atomic E-state index is 11.4. The van der Waals surface area contributed by atoms with E-state index in [0.29, 0.717) is 18.9 Å². The van der Waals surface area contributed by atoms with Gasteiger partial charge in [-0.2, -0.15) is 0 Å². The van der Waals surface area contributed by atoms with E-state index in [-0.39, 0.29) is 17.9 Å². The molecular formula is C10H18N2O2. The van der Waals surface area contributed by atoms with Gasteiger partial charge in [0.1, 0.15) is 0 Å². The van der Waals surface area contributed by atoms with Gasteiger partial charge in [0.25, 0.3) is 0 Å². The Bertz CT molecular complexity index is 224. The minimum Gasteiger partial charge on any atom is -0.303 e. The van der Waals surface area contributed by atoms with Crippen molar-refractivity contribution in [3.05, 3.63) is 0 Å². The van der Waals surface area contributed by atoms with Crippen molar-refractivity contribution in [3.63, 3.8) is 0 Å². The molecule has 80 valence electrons. The van der Waals surface area contributed by atoms with Crippen molar-refractivity contribution < 1.29 is 9.59 Å². The van der Waals surface area contributed by atoms with Crippen LogP contribution in [0.25, 0.3) is 0 Å². The van der Waals surface area contributed by atoms with Crippen LogP contribution in [0.1, 0.15) is 39.5 Å². The zero-order chi connectivity index (χ0) is 10.6. The summed E-state index contributed by atoms with van der Waals surface area (Å²) in [5, 5.41) is 5.60. The molecule has 1 fully saturated rings. The van der Waals surface area contributed by atoms with Gasteiger partial charge in [-0.25, -0.2) is 0 Å². The number of imide groups is 1. The molecular weight excluding hydrogens is 180 g/mol. The lowest BCUT2D eigenvalue weighted by Gasteiger charge is -2.26. The molecule has 0 aromatic carbocycles. The van der Waals surface area contributed by atoms with Gasteiger partial charge >= 0.3 is 0 Å². The highest BCUT2D eigenvalue weighted by Gasteiger charge is 2.27. The first kappa shape index (κ1) is 11.2. The highest BCUT2D eigenvalue weighted by molar-refractivity contribution is 6.00. The fraction of sp³-hybridized carbons (Fsp3) is 0.800. The predicted octanol–water partition coefficient (Wildman–Crippen LogP) is 0.570. The Kier molecular flexibility index (Phi) is 4.07. The van der Waals surface area contributed by atoms with Gasteiger partial charge in [0.2, 0.25) is 11.8 Å². The first-order valence-corrected chi connectivity index (χ1v) is 5.27. The molecule has 1 atom stereocenters. The molecule has 1 unspecified atom stereocenters. The van der Waals surface area contributed by atoms with E-state index in [1.807, 2.05) is 0 Å². The monoisotopic (exact) mass is 198 g/mol. The molecule has 0 aromatic rings. The van der Waals surface area contributed by atoms with Crippen LogP contribution in [-0.2, 0) is 9.59 Å². The van der Waals surface area contributed by atoms with Gasteiger partial charge in [-0.1, -0.05) is 13.8 Å². The SMILES string of the molecule is CCC(CC)NC1CCC(=O)NC1=O. The normalized spacial score (nSPS) is 22.6. The van der Waals surface area contributed by atoms with Gasteiger partial charge in [0.05, 0.1) is 6.04 Å². The molecule has 0 aromatic heterocycles. The Morgan fingerprint density at radius 2 is 2.07 bits per heavy atom. The summed E-state index contributed by atoms with van der Waals surface area (Å²) < 4.78 is 0. The van der Waals surface area contributed by atoms with E-state index in [1.54, 1.807) is 0 Å². The molecule has 4 heteroatoms. The van der Waals surface area contributed by atoms with Crippen LogP contribution in [0.5, 0.6) is 0 Å². The van der Waals surface area contributed by atoms with Gasteiger partial charge in [-0.15, -0.1) is 0 Å². The van der Waals surface area contributed by atoms with Crippen LogP contribution >= 0.6 is 0 Å². The lowest BCUT2D eigenvalue weighted by Crippen LogP contribution is -2.53. The van der Waals surface area contributed by atoms with Gasteiger partial charge in [0.15, 0.2) is 0 Å². The lowest BCUT2D eigenvalue weighted by molar-refractivity contribution is -0.134. The van der Waals surface area contributed by atoms with Crippen molar-refractivity contribution in [2.24, 2.45) is 0 Å². The largest absolute Gasteiger partial charge is 0.303 e. The maximum Gasteiger partial charge on any atom is 0.243 e. The van der Waals surface area contributed by atoms with E-state index >= 15 is 0 Å². The Labute approximate surface area is 84.4 Å². The van der Waals surface area contributed by atoms with Gasteiger partial charge in [0, 0.05) is 12.5 Å². The first-order chi connectivity index (χ1) is 6.67. The zero-order valence-corrected chi connectivity index (χ0v) is 8.80. The van der Waals surface area contributed by atoms with Crippen LogP contribution < -0.4 is 10.6 Å². The highest BCUT2D eigenvalue weighted by Crippen LogP contribution is 2.07. The lowest BCUT2D eigenvalue weighted by atomic mass is 10.0. The summed E-state index contributed by atoms with van der Waals surface area (Å²) in [5.74, 6) is -0.328. The highest BCUT2D eigenvalue weighted by atomic mass is 16.2. The maximum absolute atomic E-state index is 11.4. The quantitative estimate of drug-likeness (QED) is 0.649.